The molecule has 34 heavy (non-hydrogen) atoms. The van der Waals surface area contributed by atoms with Gasteiger partial charge in [-0.25, -0.2) is 4.39 Å². The third kappa shape index (κ3) is 6.77. The zero-order valence-corrected chi connectivity index (χ0v) is 20.1. The predicted octanol–water partition coefficient (Wildman–Crippen LogP) is 5.68. The molecular weight excluding hydrogens is 427 g/mol. The summed E-state index contributed by atoms with van der Waals surface area (Å²) in [7, 11) is 0. The van der Waals surface area contributed by atoms with Gasteiger partial charge in [-0.15, -0.1) is 0 Å². The minimum atomic E-state index is -0.668. The van der Waals surface area contributed by atoms with Crippen molar-refractivity contribution in [2.45, 2.75) is 58.2 Å². The molecule has 0 bridgehead atoms. The molecule has 4 nitrogen and oxygen atoms in total. The molecule has 2 atom stereocenters. The van der Waals surface area contributed by atoms with Crippen molar-refractivity contribution in [3.8, 4) is 0 Å². The molecule has 0 spiro atoms. The average Bonchev–Trinajstić information content (AvgIpc) is 2.87. The highest BCUT2D eigenvalue weighted by molar-refractivity contribution is 5.88. The molecule has 0 saturated heterocycles. The summed E-state index contributed by atoms with van der Waals surface area (Å²) in [5.41, 5.74) is 2.86. The number of carbonyl (C=O) groups excluding carboxylic acids is 2. The molecule has 0 unspecified atom stereocenters. The lowest BCUT2D eigenvalue weighted by Gasteiger charge is -2.31. The van der Waals surface area contributed by atoms with E-state index in [1.54, 1.807) is 24.0 Å². The van der Waals surface area contributed by atoms with E-state index in [1.165, 1.54) is 12.1 Å². The second kappa shape index (κ2) is 12.1. The lowest BCUT2D eigenvalue weighted by molar-refractivity contribution is -0.141. The number of nitrogens with one attached hydrogen (secondary N) is 1. The fraction of sp³-hybridized carbons (Fsp3) is 0.310. The Morgan fingerprint density at radius 2 is 1.38 bits per heavy atom. The van der Waals surface area contributed by atoms with Gasteiger partial charge >= 0.3 is 0 Å². The lowest BCUT2D eigenvalue weighted by Crippen LogP contribution is -2.49. The summed E-state index contributed by atoms with van der Waals surface area (Å²) < 4.78 is 13.5. The van der Waals surface area contributed by atoms with Crippen molar-refractivity contribution in [2.24, 2.45) is 0 Å². The predicted molar refractivity (Wildman–Crippen MR) is 134 cm³/mol. The Morgan fingerprint density at radius 1 is 0.853 bits per heavy atom. The normalized spacial score (nSPS) is 12.7. The standard InChI is InChI=1S/C29H33FN2O2/c1-4-21(2)31-29(34)22(3)32(20-23-15-17-26(30)18-16-23)28(33)19-27(24-11-7-5-8-12-24)25-13-9-6-10-14-25/h5-18,21-22,27H,4,19-20H2,1-3H3,(H,31,34)/t21-,22+/m0/s1. The smallest absolute Gasteiger partial charge is 0.242 e. The maximum absolute atomic E-state index is 13.7. The van der Waals surface area contributed by atoms with Crippen LogP contribution in [0.1, 0.15) is 56.2 Å². The molecule has 3 rings (SSSR count). The lowest BCUT2D eigenvalue weighted by atomic mass is 9.88. The molecule has 0 heterocycles. The van der Waals surface area contributed by atoms with E-state index in [0.29, 0.717) is 0 Å². The van der Waals surface area contributed by atoms with Gasteiger partial charge in [0.25, 0.3) is 0 Å². The Morgan fingerprint density at radius 3 is 1.88 bits per heavy atom. The Labute approximate surface area is 201 Å². The van der Waals surface area contributed by atoms with Crippen LogP contribution >= 0.6 is 0 Å². The Hall–Kier alpha value is -3.47. The first kappa shape index (κ1) is 25.2. The van der Waals surface area contributed by atoms with Crippen LogP contribution in [0.4, 0.5) is 4.39 Å². The van der Waals surface area contributed by atoms with Crippen molar-refractivity contribution in [3.05, 3.63) is 107 Å². The van der Waals surface area contributed by atoms with Gasteiger partial charge < -0.3 is 10.2 Å². The number of hydrogen-bond acceptors (Lipinski definition) is 2. The van der Waals surface area contributed by atoms with Crippen LogP contribution in [0.2, 0.25) is 0 Å². The molecule has 0 radical (unpaired) electrons. The third-order valence-electron chi connectivity index (χ3n) is 6.22. The van der Waals surface area contributed by atoms with Crippen LogP contribution in [-0.2, 0) is 16.1 Å². The van der Waals surface area contributed by atoms with Crippen molar-refractivity contribution in [3.63, 3.8) is 0 Å². The largest absolute Gasteiger partial charge is 0.352 e. The maximum Gasteiger partial charge on any atom is 0.242 e. The van der Waals surface area contributed by atoms with E-state index in [9.17, 15) is 14.0 Å². The first-order valence-corrected chi connectivity index (χ1v) is 11.8. The fourth-order valence-corrected chi connectivity index (χ4v) is 3.93. The molecule has 1 N–H and O–H groups in total. The topological polar surface area (TPSA) is 49.4 Å². The summed E-state index contributed by atoms with van der Waals surface area (Å²) in [4.78, 5) is 28.3. The first-order valence-electron chi connectivity index (χ1n) is 11.8. The van der Waals surface area contributed by atoms with Crippen molar-refractivity contribution < 1.29 is 14.0 Å². The van der Waals surface area contributed by atoms with Crippen molar-refractivity contribution >= 4 is 11.8 Å². The first-order chi connectivity index (χ1) is 16.4. The van der Waals surface area contributed by atoms with Gasteiger partial charge in [-0.2, -0.15) is 0 Å². The molecule has 5 heteroatoms. The highest BCUT2D eigenvalue weighted by atomic mass is 19.1. The zero-order chi connectivity index (χ0) is 24.5. The summed E-state index contributed by atoms with van der Waals surface area (Å²) in [6, 6.07) is 25.3. The van der Waals surface area contributed by atoms with E-state index in [2.05, 4.69) is 5.32 Å². The van der Waals surface area contributed by atoms with E-state index in [-0.39, 0.29) is 42.6 Å². The molecule has 0 aromatic heterocycles. The maximum atomic E-state index is 13.7. The van der Waals surface area contributed by atoms with Crippen molar-refractivity contribution in [1.29, 1.82) is 0 Å². The number of carbonyl (C=O) groups is 2. The van der Waals surface area contributed by atoms with E-state index < -0.39 is 6.04 Å². The van der Waals surface area contributed by atoms with E-state index in [4.69, 9.17) is 0 Å². The zero-order valence-electron chi connectivity index (χ0n) is 20.1. The summed E-state index contributed by atoms with van der Waals surface area (Å²) >= 11 is 0. The van der Waals surface area contributed by atoms with Gasteiger partial charge in [0, 0.05) is 24.9 Å². The summed E-state index contributed by atoms with van der Waals surface area (Å²) in [5.74, 6) is -0.803. The molecule has 178 valence electrons. The highest BCUT2D eigenvalue weighted by Crippen LogP contribution is 2.29. The summed E-state index contributed by atoms with van der Waals surface area (Å²) in [6.45, 7) is 5.92. The van der Waals surface area contributed by atoms with Gasteiger partial charge in [0.05, 0.1) is 0 Å². The Balaban J connectivity index is 1.90. The van der Waals surface area contributed by atoms with E-state index >= 15 is 0 Å². The molecule has 0 saturated carbocycles. The summed E-state index contributed by atoms with van der Waals surface area (Å²) in [5, 5.41) is 2.98. The van der Waals surface area contributed by atoms with E-state index in [0.717, 1.165) is 23.1 Å². The molecule has 0 fully saturated rings. The van der Waals surface area contributed by atoms with Crippen LogP contribution in [0.5, 0.6) is 0 Å². The molecule has 0 aliphatic carbocycles. The van der Waals surface area contributed by atoms with Crippen molar-refractivity contribution in [2.75, 3.05) is 0 Å². The monoisotopic (exact) mass is 460 g/mol. The molecule has 2 amide bonds. The van der Waals surface area contributed by atoms with Crippen LogP contribution in [0, 0.1) is 5.82 Å². The molecule has 3 aromatic carbocycles. The number of amides is 2. The van der Waals surface area contributed by atoms with Gasteiger partial charge in [-0.1, -0.05) is 79.7 Å². The van der Waals surface area contributed by atoms with Crippen LogP contribution in [0.3, 0.4) is 0 Å². The fourth-order valence-electron chi connectivity index (χ4n) is 3.93. The van der Waals surface area contributed by atoms with Crippen LogP contribution in [0.25, 0.3) is 0 Å². The molecule has 0 aliphatic rings. The van der Waals surface area contributed by atoms with Gasteiger partial charge in [0.15, 0.2) is 0 Å². The number of nitrogens with zero attached hydrogens (tertiary/aromatic N) is 1. The Kier molecular flexibility index (Phi) is 8.97. The van der Waals surface area contributed by atoms with Crippen LogP contribution in [0.15, 0.2) is 84.9 Å². The van der Waals surface area contributed by atoms with Gasteiger partial charge in [0.2, 0.25) is 11.8 Å². The van der Waals surface area contributed by atoms with Gasteiger partial charge in [0.1, 0.15) is 11.9 Å². The SMILES string of the molecule is CC[C@H](C)NC(=O)[C@@H](C)N(Cc1ccc(F)cc1)C(=O)CC(c1ccccc1)c1ccccc1. The second-order valence-corrected chi connectivity index (χ2v) is 8.72. The van der Waals surface area contributed by atoms with Crippen LogP contribution < -0.4 is 5.32 Å². The highest BCUT2D eigenvalue weighted by Gasteiger charge is 2.29. The Bertz CT molecular complexity index is 1020. The second-order valence-electron chi connectivity index (χ2n) is 8.72. The van der Waals surface area contributed by atoms with Crippen molar-refractivity contribution in [1.82, 2.24) is 10.2 Å². The minimum absolute atomic E-state index is 0.0131. The molecular formula is C29H33FN2O2. The third-order valence-corrected chi connectivity index (χ3v) is 6.22. The molecule has 0 aliphatic heterocycles. The minimum Gasteiger partial charge on any atom is -0.352 e. The van der Waals surface area contributed by atoms with Gasteiger partial charge in [-0.3, -0.25) is 9.59 Å². The van der Waals surface area contributed by atoms with Gasteiger partial charge in [-0.05, 0) is 49.1 Å². The van der Waals surface area contributed by atoms with E-state index in [1.807, 2.05) is 74.5 Å². The number of hydrogen-bond donors (Lipinski definition) is 1. The van der Waals surface area contributed by atoms with Crippen LogP contribution in [-0.4, -0.2) is 28.8 Å². The number of halogens is 1. The number of benzene rings is 3. The average molecular weight is 461 g/mol. The molecule has 3 aromatic rings. The quantitative estimate of drug-likeness (QED) is 0.423. The summed E-state index contributed by atoms with van der Waals surface area (Å²) in [6.07, 6.45) is 1.02. The number of rotatable bonds is 10.